The minimum Gasteiger partial charge on any atom is -0.480 e. The minimum atomic E-state index is -0.786. The average Bonchev–Trinajstić information content (AvgIpc) is 2.54. The fourth-order valence-corrected chi connectivity index (χ4v) is 2.53. The fraction of sp³-hybridized carbons (Fsp3) is 0.316. The largest absolute Gasteiger partial charge is 0.480 e. The van der Waals surface area contributed by atoms with E-state index in [9.17, 15) is 4.79 Å². The zero-order chi connectivity index (χ0) is 16.5. The Morgan fingerprint density at radius 2 is 1.39 bits per heavy atom. The van der Waals surface area contributed by atoms with Crippen LogP contribution in [0.25, 0.3) is 0 Å². The Labute approximate surface area is 138 Å². The van der Waals surface area contributed by atoms with Crippen LogP contribution in [0.5, 0.6) is 0 Å². The van der Waals surface area contributed by atoms with Crippen LogP contribution in [-0.4, -0.2) is 47.6 Å². The van der Waals surface area contributed by atoms with E-state index in [2.05, 4.69) is 24.1 Å². The highest BCUT2D eigenvalue weighted by Crippen LogP contribution is 2.06. The molecule has 0 aliphatic carbocycles. The van der Waals surface area contributed by atoms with Crippen LogP contribution in [0.2, 0.25) is 0 Å². The predicted molar refractivity (Wildman–Crippen MR) is 92.1 cm³/mol. The van der Waals surface area contributed by atoms with Crippen molar-refractivity contribution in [3.63, 3.8) is 0 Å². The maximum atomic E-state index is 11.1. The molecule has 0 unspecified atom stereocenters. The van der Waals surface area contributed by atoms with E-state index < -0.39 is 5.97 Å². The molecule has 0 aliphatic heterocycles. The molecule has 0 aromatic heterocycles. The molecule has 0 saturated carbocycles. The van der Waals surface area contributed by atoms with Crippen molar-refractivity contribution in [1.82, 2.24) is 9.80 Å². The lowest BCUT2D eigenvalue weighted by Crippen LogP contribution is -2.36. The third-order valence-corrected chi connectivity index (χ3v) is 3.70. The van der Waals surface area contributed by atoms with Crippen LogP contribution in [0, 0.1) is 0 Å². The molecule has 122 valence electrons. The SMILES string of the molecule is CN(CCN(CC(=O)O)Cc1ccccc1)Cc1ccccc1. The lowest BCUT2D eigenvalue weighted by molar-refractivity contribution is -0.138. The molecule has 2 aromatic carbocycles. The van der Waals surface area contributed by atoms with Gasteiger partial charge in [0.05, 0.1) is 6.54 Å². The number of carboxylic acid groups (broad SMARTS) is 1. The minimum absolute atomic E-state index is 0.0636. The maximum absolute atomic E-state index is 11.1. The number of carbonyl (C=O) groups is 1. The average molecular weight is 312 g/mol. The Kier molecular flexibility index (Phi) is 6.78. The maximum Gasteiger partial charge on any atom is 0.317 e. The molecule has 2 rings (SSSR count). The number of nitrogens with zero attached hydrogens (tertiary/aromatic N) is 2. The molecular weight excluding hydrogens is 288 g/mol. The first kappa shape index (κ1) is 17.2. The number of hydrogen-bond donors (Lipinski definition) is 1. The van der Waals surface area contributed by atoms with E-state index in [-0.39, 0.29) is 6.54 Å². The summed E-state index contributed by atoms with van der Waals surface area (Å²) >= 11 is 0. The fourth-order valence-electron chi connectivity index (χ4n) is 2.53. The lowest BCUT2D eigenvalue weighted by Gasteiger charge is -2.24. The second-order valence-electron chi connectivity index (χ2n) is 5.81. The second kappa shape index (κ2) is 9.08. The smallest absolute Gasteiger partial charge is 0.317 e. The van der Waals surface area contributed by atoms with Crippen LogP contribution < -0.4 is 0 Å². The number of benzene rings is 2. The standard InChI is InChI=1S/C19H24N2O2/c1-20(14-17-8-4-2-5-9-17)12-13-21(16-19(22)23)15-18-10-6-3-7-11-18/h2-11H,12-16H2,1H3,(H,22,23). The number of carboxylic acids is 1. The summed E-state index contributed by atoms with van der Waals surface area (Å²) in [4.78, 5) is 15.3. The molecule has 0 atom stereocenters. The molecule has 0 radical (unpaired) electrons. The van der Waals surface area contributed by atoms with E-state index in [4.69, 9.17) is 5.11 Å². The summed E-state index contributed by atoms with van der Waals surface area (Å²) in [7, 11) is 2.06. The first-order chi connectivity index (χ1) is 11.1. The van der Waals surface area contributed by atoms with Crippen molar-refractivity contribution in [1.29, 1.82) is 0 Å². The number of rotatable bonds is 9. The quantitative estimate of drug-likeness (QED) is 0.773. The molecule has 0 amide bonds. The first-order valence-corrected chi connectivity index (χ1v) is 7.84. The molecule has 1 N–H and O–H groups in total. The summed E-state index contributed by atoms with van der Waals surface area (Å²) in [6, 6.07) is 20.3. The van der Waals surface area contributed by atoms with Crippen molar-refractivity contribution in [2.24, 2.45) is 0 Å². The van der Waals surface area contributed by atoms with Crippen LogP contribution in [0.1, 0.15) is 11.1 Å². The van der Waals surface area contributed by atoms with E-state index in [1.807, 2.05) is 53.4 Å². The highest BCUT2D eigenvalue weighted by Gasteiger charge is 2.11. The van der Waals surface area contributed by atoms with Crippen LogP contribution in [0.15, 0.2) is 60.7 Å². The van der Waals surface area contributed by atoms with Gasteiger partial charge in [-0.05, 0) is 18.2 Å². The molecule has 0 saturated heterocycles. The summed E-state index contributed by atoms with van der Waals surface area (Å²) in [5.41, 5.74) is 2.40. The van der Waals surface area contributed by atoms with Crippen molar-refractivity contribution in [3.8, 4) is 0 Å². The summed E-state index contributed by atoms with van der Waals surface area (Å²) in [6.07, 6.45) is 0. The van der Waals surface area contributed by atoms with E-state index in [1.165, 1.54) is 5.56 Å². The highest BCUT2D eigenvalue weighted by atomic mass is 16.4. The van der Waals surface area contributed by atoms with Crippen LogP contribution in [0.3, 0.4) is 0 Å². The van der Waals surface area contributed by atoms with Crippen molar-refractivity contribution in [2.75, 3.05) is 26.7 Å². The van der Waals surface area contributed by atoms with Gasteiger partial charge in [-0.15, -0.1) is 0 Å². The Morgan fingerprint density at radius 3 is 1.91 bits per heavy atom. The summed E-state index contributed by atoms with van der Waals surface area (Å²) in [6.45, 7) is 3.15. The van der Waals surface area contributed by atoms with Crippen LogP contribution in [-0.2, 0) is 17.9 Å². The van der Waals surface area contributed by atoms with Crippen molar-refractivity contribution in [3.05, 3.63) is 71.8 Å². The Balaban J connectivity index is 1.86. The summed E-state index contributed by atoms with van der Waals surface area (Å²) in [5, 5.41) is 9.11. The van der Waals surface area contributed by atoms with E-state index >= 15 is 0 Å². The van der Waals surface area contributed by atoms with Gasteiger partial charge in [0.1, 0.15) is 0 Å². The molecule has 0 fully saturated rings. The Morgan fingerprint density at radius 1 is 0.870 bits per heavy atom. The highest BCUT2D eigenvalue weighted by molar-refractivity contribution is 5.69. The monoisotopic (exact) mass is 312 g/mol. The normalized spacial score (nSPS) is 11.1. The molecule has 0 aliphatic rings. The molecule has 0 spiro atoms. The van der Waals surface area contributed by atoms with Crippen LogP contribution in [0.4, 0.5) is 0 Å². The first-order valence-electron chi connectivity index (χ1n) is 7.84. The summed E-state index contributed by atoms with van der Waals surface area (Å²) < 4.78 is 0. The molecular formula is C19H24N2O2. The van der Waals surface area contributed by atoms with Crippen molar-refractivity contribution >= 4 is 5.97 Å². The third-order valence-electron chi connectivity index (χ3n) is 3.70. The molecule has 23 heavy (non-hydrogen) atoms. The van der Waals surface area contributed by atoms with Gasteiger partial charge in [-0.2, -0.15) is 0 Å². The third kappa shape index (κ3) is 6.63. The van der Waals surface area contributed by atoms with Gasteiger partial charge in [0.2, 0.25) is 0 Å². The van der Waals surface area contributed by atoms with Gasteiger partial charge in [0.25, 0.3) is 0 Å². The van der Waals surface area contributed by atoms with Crippen LogP contribution >= 0.6 is 0 Å². The molecule has 4 nitrogen and oxygen atoms in total. The van der Waals surface area contributed by atoms with E-state index in [0.29, 0.717) is 6.54 Å². The Bertz CT molecular complexity index is 587. The van der Waals surface area contributed by atoms with Crippen molar-refractivity contribution in [2.45, 2.75) is 13.1 Å². The Hall–Kier alpha value is -2.17. The van der Waals surface area contributed by atoms with Gasteiger partial charge in [-0.1, -0.05) is 60.7 Å². The van der Waals surface area contributed by atoms with Gasteiger partial charge in [-0.3, -0.25) is 9.69 Å². The zero-order valence-electron chi connectivity index (χ0n) is 13.6. The molecule has 0 bridgehead atoms. The van der Waals surface area contributed by atoms with Gasteiger partial charge in [0.15, 0.2) is 0 Å². The predicted octanol–water partition coefficient (Wildman–Crippen LogP) is 2.71. The second-order valence-corrected chi connectivity index (χ2v) is 5.81. The lowest BCUT2D eigenvalue weighted by atomic mass is 10.2. The van der Waals surface area contributed by atoms with Gasteiger partial charge in [0, 0.05) is 26.2 Å². The number of aliphatic carboxylic acids is 1. The topological polar surface area (TPSA) is 43.8 Å². The molecule has 2 aromatic rings. The van der Waals surface area contributed by atoms with E-state index in [0.717, 1.165) is 25.2 Å². The number of hydrogen-bond acceptors (Lipinski definition) is 3. The number of likely N-dealkylation sites (N-methyl/N-ethyl adjacent to an activating group) is 1. The zero-order valence-corrected chi connectivity index (χ0v) is 13.6. The van der Waals surface area contributed by atoms with Gasteiger partial charge < -0.3 is 10.0 Å². The molecule has 0 heterocycles. The molecule has 4 heteroatoms. The summed E-state index contributed by atoms with van der Waals surface area (Å²) in [5.74, 6) is -0.786. The van der Waals surface area contributed by atoms with Crippen molar-refractivity contribution < 1.29 is 9.90 Å². The van der Waals surface area contributed by atoms with Gasteiger partial charge in [-0.25, -0.2) is 0 Å². The van der Waals surface area contributed by atoms with E-state index in [1.54, 1.807) is 0 Å². The van der Waals surface area contributed by atoms with Gasteiger partial charge >= 0.3 is 5.97 Å².